The highest BCUT2D eigenvalue weighted by Crippen LogP contribution is 2.18. The number of nitrogens with zero attached hydrogens (tertiary/aromatic N) is 5. The van der Waals surface area contributed by atoms with E-state index < -0.39 is 0 Å². The second kappa shape index (κ2) is 8.49. The van der Waals surface area contributed by atoms with E-state index in [0.29, 0.717) is 5.96 Å². The van der Waals surface area contributed by atoms with E-state index >= 15 is 0 Å². The summed E-state index contributed by atoms with van der Waals surface area (Å²) in [6.07, 6.45) is 6.98. The number of anilines is 1. The van der Waals surface area contributed by atoms with Gasteiger partial charge in [-0.25, -0.2) is 4.98 Å². The van der Waals surface area contributed by atoms with Crippen LogP contribution in [-0.2, 0) is 0 Å². The van der Waals surface area contributed by atoms with Crippen molar-refractivity contribution in [3.05, 3.63) is 11.6 Å². The van der Waals surface area contributed by atoms with Gasteiger partial charge in [0.05, 0.1) is 0 Å². The number of guanidine groups is 1. The summed E-state index contributed by atoms with van der Waals surface area (Å²) in [4.78, 5) is 16.0. The summed E-state index contributed by atoms with van der Waals surface area (Å²) in [5, 5.41) is 3.14. The number of aliphatic imine (C=N–C) groups is 1. The molecule has 2 aliphatic heterocycles. The van der Waals surface area contributed by atoms with Crippen LogP contribution in [0.4, 0.5) is 5.13 Å². The summed E-state index contributed by atoms with van der Waals surface area (Å²) >= 11 is 1.70. The van der Waals surface area contributed by atoms with Gasteiger partial charge in [-0.3, -0.25) is 4.99 Å². The third-order valence-corrected chi connectivity index (χ3v) is 5.48. The monoisotopic (exact) mass is 336 g/mol. The first-order valence-electron chi connectivity index (χ1n) is 8.74. The molecule has 3 rings (SSSR count). The van der Waals surface area contributed by atoms with Crippen LogP contribution < -0.4 is 10.6 Å². The first kappa shape index (κ1) is 16.5. The second-order valence-corrected chi connectivity index (χ2v) is 7.16. The van der Waals surface area contributed by atoms with Crippen molar-refractivity contribution in [1.29, 1.82) is 0 Å². The van der Waals surface area contributed by atoms with Crippen LogP contribution in [0.1, 0.15) is 25.7 Å². The fourth-order valence-electron chi connectivity index (χ4n) is 3.25. The van der Waals surface area contributed by atoms with Crippen molar-refractivity contribution in [3.63, 3.8) is 0 Å². The third-order valence-electron chi connectivity index (χ3n) is 4.65. The van der Waals surface area contributed by atoms with Crippen molar-refractivity contribution in [2.75, 3.05) is 57.3 Å². The molecule has 2 fully saturated rings. The summed E-state index contributed by atoms with van der Waals surface area (Å²) in [6.45, 7) is 8.46. The number of thiazole rings is 1. The van der Waals surface area contributed by atoms with Crippen LogP contribution in [0, 0.1) is 0 Å². The number of hydrogen-bond acceptors (Lipinski definition) is 5. The number of piperazine rings is 1. The molecule has 0 radical (unpaired) electrons. The Morgan fingerprint density at radius 1 is 1.13 bits per heavy atom. The normalized spacial score (nSPS) is 20.4. The topological polar surface area (TPSA) is 61.0 Å². The maximum Gasteiger partial charge on any atom is 0.191 e. The molecule has 0 bridgehead atoms. The SMILES string of the molecule is NC(=NCCCCN1CCCC1)N1CCN(c2nccs2)CC1. The minimum Gasteiger partial charge on any atom is -0.370 e. The smallest absolute Gasteiger partial charge is 0.191 e. The molecule has 2 aliphatic rings. The van der Waals surface area contributed by atoms with Gasteiger partial charge in [0.25, 0.3) is 0 Å². The maximum atomic E-state index is 6.15. The number of unbranched alkanes of at least 4 members (excludes halogenated alkanes) is 1. The zero-order valence-corrected chi connectivity index (χ0v) is 14.7. The molecule has 0 aromatic carbocycles. The van der Waals surface area contributed by atoms with Gasteiger partial charge in [-0.2, -0.15) is 0 Å². The van der Waals surface area contributed by atoms with Gasteiger partial charge in [0.1, 0.15) is 0 Å². The lowest BCUT2D eigenvalue weighted by molar-refractivity contribution is 0.330. The van der Waals surface area contributed by atoms with E-state index in [1.807, 2.05) is 11.6 Å². The Hall–Kier alpha value is -1.34. The predicted octanol–water partition coefficient (Wildman–Crippen LogP) is 1.46. The fourth-order valence-corrected chi connectivity index (χ4v) is 3.94. The number of nitrogens with two attached hydrogens (primary N) is 1. The highest BCUT2D eigenvalue weighted by molar-refractivity contribution is 7.13. The number of aromatic nitrogens is 1. The first-order valence-corrected chi connectivity index (χ1v) is 9.62. The van der Waals surface area contributed by atoms with Crippen LogP contribution in [-0.4, -0.2) is 73.1 Å². The Labute approximate surface area is 143 Å². The van der Waals surface area contributed by atoms with E-state index in [-0.39, 0.29) is 0 Å². The van der Waals surface area contributed by atoms with Crippen LogP contribution >= 0.6 is 11.3 Å². The second-order valence-electron chi connectivity index (χ2n) is 6.28. The number of rotatable bonds is 6. The van der Waals surface area contributed by atoms with E-state index in [1.54, 1.807) is 11.3 Å². The van der Waals surface area contributed by atoms with Crippen molar-refractivity contribution in [2.24, 2.45) is 10.7 Å². The molecule has 0 saturated carbocycles. The van der Waals surface area contributed by atoms with Gasteiger partial charge in [-0.05, 0) is 45.3 Å². The van der Waals surface area contributed by atoms with Crippen LogP contribution in [0.5, 0.6) is 0 Å². The molecule has 1 aromatic heterocycles. The molecule has 0 atom stereocenters. The summed E-state index contributed by atoms with van der Waals surface area (Å²) in [7, 11) is 0. The predicted molar refractivity (Wildman–Crippen MR) is 97.3 cm³/mol. The van der Waals surface area contributed by atoms with Crippen molar-refractivity contribution >= 4 is 22.4 Å². The molecule has 2 saturated heterocycles. The quantitative estimate of drug-likeness (QED) is 0.484. The molecular weight excluding hydrogens is 308 g/mol. The lowest BCUT2D eigenvalue weighted by Crippen LogP contribution is -2.51. The Morgan fingerprint density at radius 3 is 2.61 bits per heavy atom. The highest BCUT2D eigenvalue weighted by atomic mass is 32.1. The summed E-state index contributed by atoms with van der Waals surface area (Å²) in [5.41, 5.74) is 6.15. The summed E-state index contributed by atoms with van der Waals surface area (Å²) in [5.74, 6) is 0.713. The molecule has 0 aliphatic carbocycles. The summed E-state index contributed by atoms with van der Waals surface area (Å²) in [6, 6.07) is 0. The van der Waals surface area contributed by atoms with E-state index in [9.17, 15) is 0 Å². The molecule has 7 heteroatoms. The highest BCUT2D eigenvalue weighted by Gasteiger charge is 2.19. The van der Waals surface area contributed by atoms with Crippen molar-refractivity contribution in [1.82, 2.24) is 14.8 Å². The minimum absolute atomic E-state index is 0.713. The first-order chi connectivity index (χ1) is 11.3. The van der Waals surface area contributed by atoms with E-state index in [1.165, 1.54) is 38.9 Å². The molecule has 0 spiro atoms. The minimum atomic E-state index is 0.713. The van der Waals surface area contributed by atoms with Gasteiger partial charge >= 0.3 is 0 Å². The van der Waals surface area contributed by atoms with Gasteiger partial charge in [0.15, 0.2) is 11.1 Å². The maximum absolute atomic E-state index is 6.15. The lowest BCUT2D eigenvalue weighted by Gasteiger charge is -2.35. The Morgan fingerprint density at radius 2 is 1.91 bits per heavy atom. The average molecular weight is 337 g/mol. The Kier molecular flexibility index (Phi) is 6.10. The zero-order valence-electron chi connectivity index (χ0n) is 13.9. The van der Waals surface area contributed by atoms with Gasteiger partial charge in [0.2, 0.25) is 0 Å². The van der Waals surface area contributed by atoms with Crippen molar-refractivity contribution < 1.29 is 0 Å². The standard InChI is InChI=1S/C16H28N6S/c17-15(18-5-1-2-7-20-8-3-4-9-20)21-10-12-22(13-11-21)16-19-6-14-23-16/h6,14H,1-5,7-13H2,(H2,17,18). The zero-order chi connectivity index (χ0) is 15.9. The molecule has 128 valence electrons. The van der Waals surface area contributed by atoms with Gasteiger partial charge < -0.3 is 20.4 Å². The average Bonchev–Trinajstić information content (AvgIpc) is 3.28. The molecule has 1 aromatic rings. The fraction of sp³-hybridized carbons (Fsp3) is 0.750. The number of likely N-dealkylation sites (tertiary alicyclic amines) is 1. The van der Waals surface area contributed by atoms with Gasteiger partial charge in [-0.15, -0.1) is 11.3 Å². The van der Waals surface area contributed by atoms with Crippen LogP contribution in [0.3, 0.4) is 0 Å². The van der Waals surface area contributed by atoms with Gasteiger partial charge in [-0.1, -0.05) is 0 Å². The molecule has 23 heavy (non-hydrogen) atoms. The Bertz CT molecular complexity index is 475. The molecule has 0 amide bonds. The van der Waals surface area contributed by atoms with E-state index in [0.717, 1.165) is 44.3 Å². The van der Waals surface area contributed by atoms with Crippen LogP contribution in [0.25, 0.3) is 0 Å². The third kappa shape index (κ3) is 4.81. The van der Waals surface area contributed by atoms with E-state index in [2.05, 4.69) is 24.7 Å². The van der Waals surface area contributed by atoms with Crippen LogP contribution in [0.2, 0.25) is 0 Å². The number of hydrogen-bond donors (Lipinski definition) is 1. The lowest BCUT2D eigenvalue weighted by atomic mass is 10.3. The van der Waals surface area contributed by atoms with Crippen molar-refractivity contribution in [2.45, 2.75) is 25.7 Å². The Balaban J connectivity index is 1.32. The van der Waals surface area contributed by atoms with E-state index in [4.69, 9.17) is 5.73 Å². The van der Waals surface area contributed by atoms with Crippen molar-refractivity contribution in [3.8, 4) is 0 Å². The van der Waals surface area contributed by atoms with Gasteiger partial charge in [0, 0.05) is 44.3 Å². The van der Waals surface area contributed by atoms with Crippen LogP contribution in [0.15, 0.2) is 16.6 Å². The summed E-state index contributed by atoms with van der Waals surface area (Å²) < 4.78 is 0. The molecule has 6 nitrogen and oxygen atoms in total. The molecule has 3 heterocycles. The largest absolute Gasteiger partial charge is 0.370 e. The molecule has 2 N–H and O–H groups in total. The molecular formula is C16H28N6S. The molecule has 0 unspecified atom stereocenters.